The zero-order valence-corrected chi connectivity index (χ0v) is 15.9. The van der Waals surface area contributed by atoms with Gasteiger partial charge in [-0.05, 0) is 34.9 Å². The molecule has 0 saturated carbocycles. The van der Waals surface area contributed by atoms with Crippen molar-refractivity contribution in [1.29, 1.82) is 0 Å². The summed E-state index contributed by atoms with van der Waals surface area (Å²) in [4.78, 5) is 26.4. The van der Waals surface area contributed by atoms with Crippen LogP contribution in [0.2, 0.25) is 0 Å². The zero-order chi connectivity index (χ0) is 18.7. The normalized spacial score (nSPS) is 17.6. The van der Waals surface area contributed by atoms with Crippen LogP contribution in [0.1, 0.15) is 45.6 Å². The molecule has 0 aromatic heterocycles. The molecule has 2 aromatic carbocycles. The Morgan fingerprint density at radius 1 is 1.00 bits per heavy atom. The quantitative estimate of drug-likeness (QED) is 0.791. The van der Waals surface area contributed by atoms with Crippen LogP contribution >= 0.6 is 0 Å². The van der Waals surface area contributed by atoms with Crippen LogP contribution in [0.4, 0.5) is 0 Å². The first-order chi connectivity index (χ1) is 12.3. The molecule has 1 aliphatic heterocycles. The third-order valence-electron chi connectivity index (χ3n) is 4.81. The van der Waals surface area contributed by atoms with E-state index in [-0.39, 0.29) is 23.3 Å². The Bertz CT molecular complexity index is 772. The number of carbonyl (C=O) groups excluding carboxylic acids is 2. The van der Waals surface area contributed by atoms with Crippen LogP contribution in [-0.2, 0) is 16.0 Å². The first-order valence-corrected chi connectivity index (χ1v) is 9.33. The molecule has 2 amide bonds. The Morgan fingerprint density at radius 3 is 2.23 bits per heavy atom. The van der Waals surface area contributed by atoms with Gasteiger partial charge in [0.2, 0.25) is 11.8 Å². The van der Waals surface area contributed by atoms with Crippen molar-refractivity contribution >= 4 is 11.8 Å². The van der Waals surface area contributed by atoms with Gasteiger partial charge in [0.15, 0.2) is 0 Å². The molecule has 1 atom stereocenters. The van der Waals surface area contributed by atoms with Gasteiger partial charge in [0.25, 0.3) is 0 Å². The third-order valence-corrected chi connectivity index (χ3v) is 4.81. The van der Waals surface area contributed by atoms with Gasteiger partial charge < -0.3 is 0 Å². The molecule has 0 bridgehead atoms. The second kappa shape index (κ2) is 7.45. The Labute approximate surface area is 156 Å². The van der Waals surface area contributed by atoms with Crippen molar-refractivity contribution in [3.63, 3.8) is 0 Å². The van der Waals surface area contributed by atoms with Crippen LogP contribution in [0.5, 0.6) is 0 Å². The van der Waals surface area contributed by atoms with Crippen LogP contribution < -0.4 is 0 Å². The van der Waals surface area contributed by atoms with Crippen molar-refractivity contribution in [2.45, 2.75) is 52.5 Å². The molecule has 1 heterocycles. The minimum Gasteiger partial charge on any atom is -0.279 e. The maximum Gasteiger partial charge on any atom is 0.229 e. The first-order valence-electron chi connectivity index (χ1n) is 9.33. The maximum atomic E-state index is 12.6. The highest BCUT2D eigenvalue weighted by Crippen LogP contribution is 2.28. The third kappa shape index (κ3) is 4.40. The molecular formula is C23H27NO2. The van der Waals surface area contributed by atoms with Gasteiger partial charge in [-0.2, -0.15) is 0 Å². The SMILES string of the molecule is CC(C)(C)CC(=O)N1C(=O)CC[C@H]1Cc1ccc(-c2ccccc2)cc1. The lowest BCUT2D eigenvalue weighted by Gasteiger charge is -2.27. The fraction of sp³-hybridized carbons (Fsp3) is 0.391. The van der Waals surface area contributed by atoms with Crippen LogP contribution in [-0.4, -0.2) is 22.8 Å². The summed E-state index contributed by atoms with van der Waals surface area (Å²) in [5, 5.41) is 0. The minimum absolute atomic E-state index is 0.0140. The lowest BCUT2D eigenvalue weighted by Crippen LogP contribution is -2.41. The first kappa shape index (κ1) is 18.4. The van der Waals surface area contributed by atoms with E-state index in [0.29, 0.717) is 12.8 Å². The molecule has 0 N–H and O–H groups in total. The number of carbonyl (C=O) groups is 2. The van der Waals surface area contributed by atoms with E-state index in [1.54, 1.807) is 0 Å². The monoisotopic (exact) mass is 349 g/mol. The molecule has 26 heavy (non-hydrogen) atoms. The maximum absolute atomic E-state index is 12.6. The van der Waals surface area contributed by atoms with Gasteiger partial charge in [0.05, 0.1) is 0 Å². The second-order valence-corrected chi connectivity index (χ2v) is 8.35. The molecule has 2 aromatic rings. The summed E-state index contributed by atoms with van der Waals surface area (Å²) in [6, 6.07) is 18.7. The van der Waals surface area contributed by atoms with Crippen molar-refractivity contribution < 1.29 is 9.59 Å². The minimum atomic E-state index is -0.109. The van der Waals surface area contributed by atoms with E-state index in [0.717, 1.165) is 18.4 Å². The summed E-state index contributed by atoms with van der Waals surface area (Å²) in [7, 11) is 0. The van der Waals surface area contributed by atoms with Crippen LogP contribution in [0.15, 0.2) is 54.6 Å². The summed E-state index contributed by atoms with van der Waals surface area (Å²) in [5.74, 6) is -0.0592. The molecule has 0 radical (unpaired) electrons. The van der Waals surface area contributed by atoms with E-state index >= 15 is 0 Å². The summed E-state index contributed by atoms with van der Waals surface area (Å²) >= 11 is 0. The molecule has 1 fully saturated rings. The fourth-order valence-corrected chi connectivity index (χ4v) is 3.55. The van der Waals surface area contributed by atoms with Crippen LogP contribution in [0.3, 0.4) is 0 Å². The predicted molar refractivity (Wildman–Crippen MR) is 105 cm³/mol. The molecule has 3 heteroatoms. The molecule has 1 aliphatic rings. The topological polar surface area (TPSA) is 37.4 Å². The summed E-state index contributed by atoms with van der Waals surface area (Å²) in [6.45, 7) is 6.09. The zero-order valence-electron chi connectivity index (χ0n) is 15.9. The summed E-state index contributed by atoms with van der Waals surface area (Å²) in [5.41, 5.74) is 3.43. The number of imide groups is 1. The second-order valence-electron chi connectivity index (χ2n) is 8.35. The van der Waals surface area contributed by atoms with Gasteiger partial charge in [-0.1, -0.05) is 75.4 Å². The highest BCUT2D eigenvalue weighted by Gasteiger charge is 2.36. The van der Waals surface area contributed by atoms with E-state index in [2.05, 4.69) is 36.4 Å². The molecule has 136 valence electrons. The Hall–Kier alpha value is -2.42. The van der Waals surface area contributed by atoms with Crippen molar-refractivity contribution in [3.05, 3.63) is 60.2 Å². The van der Waals surface area contributed by atoms with Gasteiger partial charge in [0, 0.05) is 18.9 Å². The number of likely N-dealkylation sites (tertiary alicyclic amines) is 1. The average Bonchev–Trinajstić information content (AvgIpc) is 2.95. The fourth-order valence-electron chi connectivity index (χ4n) is 3.55. The molecule has 3 rings (SSSR count). The van der Waals surface area contributed by atoms with Gasteiger partial charge in [-0.3, -0.25) is 14.5 Å². The molecule has 3 nitrogen and oxygen atoms in total. The van der Waals surface area contributed by atoms with E-state index in [9.17, 15) is 9.59 Å². The molecule has 0 spiro atoms. The summed E-state index contributed by atoms with van der Waals surface area (Å²) in [6.07, 6.45) is 2.37. The van der Waals surface area contributed by atoms with Crippen LogP contribution in [0, 0.1) is 5.41 Å². The Morgan fingerprint density at radius 2 is 1.62 bits per heavy atom. The van der Waals surface area contributed by atoms with E-state index in [4.69, 9.17) is 0 Å². The van der Waals surface area contributed by atoms with Gasteiger partial charge in [-0.15, -0.1) is 0 Å². The standard InChI is InChI=1S/C23H27NO2/c1-23(2,3)16-22(26)24-20(13-14-21(24)25)15-17-9-11-19(12-10-17)18-7-5-4-6-8-18/h4-12,20H,13-16H2,1-3H3/t20-/m0/s1. The highest BCUT2D eigenvalue weighted by molar-refractivity contribution is 5.97. The largest absolute Gasteiger partial charge is 0.279 e. The number of hydrogen-bond acceptors (Lipinski definition) is 2. The van der Waals surface area contributed by atoms with Gasteiger partial charge >= 0.3 is 0 Å². The van der Waals surface area contributed by atoms with Gasteiger partial charge in [0.1, 0.15) is 0 Å². The number of benzene rings is 2. The number of rotatable bonds is 4. The van der Waals surface area contributed by atoms with Crippen molar-refractivity contribution in [2.24, 2.45) is 5.41 Å². The Balaban J connectivity index is 1.71. The smallest absolute Gasteiger partial charge is 0.229 e. The number of nitrogens with zero attached hydrogens (tertiary/aromatic N) is 1. The Kier molecular flexibility index (Phi) is 5.26. The molecule has 0 aliphatic carbocycles. The average molecular weight is 349 g/mol. The van der Waals surface area contributed by atoms with E-state index in [1.165, 1.54) is 16.0 Å². The van der Waals surface area contributed by atoms with Crippen molar-refractivity contribution in [2.75, 3.05) is 0 Å². The highest BCUT2D eigenvalue weighted by atomic mass is 16.2. The lowest BCUT2D eigenvalue weighted by atomic mass is 9.91. The van der Waals surface area contributed by atoms with Gasteiger partial charge in [-0.25, -0.2) is 0 Å². The van der Waals surface area contributed by atoms with E-state index in [1.807, 2.05) is 39.0 Å². The van der Waals surface area contributed by atoms with Crippen molar-refractivity contribution in [3.8, 4) is 11.1 Å². The lowest BCUT2D eigenvalue weighted by molar-refractivity contribution is -0.144. The van der Waals surface area contributed by atoms with Crippen LogP contribution in [0.25, 0.3) is 11.1 Å². The molecule has 0 unspecified atom stereocenters. The van der Waals surface area contributed by atoms with Crippen molar-refractivity contribution in [1.82, 2.24) is 4.90 Å². The summed E-state index contributed by atoms with van der Waals surface area (Å²) < 4.78 is 0. The molecule has 1 saturated heterocycles. The number of amides is 2. The molecular weight excluding hydrogens is 322 g/mol. The number of hydrogen-bond donors (Lipinski definition) is 0. The predicted octanol–water partition coefficient (Wildman–Crippen LogP) is 4.85. The van der Waals surface area contributed by atoms with E-state index < -0.39 is 0 Å².